The fourth-order valence-corrected chi connectivity index (χ4v) is 3.50. The minimum absolute atomic E-state index is 0.727. The van der Waals surface area contributed by atoms with Crippen LogP contribution in [0.5, 0.6) is 17.2 Å². The summed E-state index contributed by atoms with van der Waals surface area (Å²) in [5.41, 5.74) is 0. The predicted molar refractivity (Wildman–Crippen MR) is 83.8 cm³/mol. The molecule has 0 aliphatic rings. The van der Waals surface area contributed by atoms with Crippen LogP contribution in [0.4, 0.5) is 0 Å². The SMILES string of the molecule is C[SiH](C)Oc1[c]ccc(O[SiH](C)C)c1O[SiH](C)C. The Balaban J connectivity index is 3.08. The van der Waals surface area contributed by atoms with Gasteiger partial charge >= 0.3 is 0 Å². The van der Waals surface area contributed by atoms with Gasteiger partial charge in [0, 0.05) is 6.07 Å². The molecule has 0 fully saturated rings. The van der Waals surface area contributed by atoms with Crippen molar-refractivity contribution in [3.05, 3.63) is 18.2 Å². The van der Waals surface area contributed by atoms with E-state index in [0.717, 1.165) is 17.2 Å². The van der Waals surface area contributed by atoms with E-state index in [0.29, 0.717) is 0 Å². The van der Waals surface area contributed by atoms with Crippen LogP contribution in [0.3, 0.4) is 0 Å². The highest BCUT2D eigenvalue weighted by atomic mass is 28.3. The van der Waals surface area contributed by atoms with Gasteiger partial charge in [-0.2, -0.15) is 0 Å². The molecular formula is C12H23O3Si3. The largest absolute Gasteiger partial charge is 0.544 e. The highest BCUT2D eigenvalue weighted by molar-refractivity contribution is 6.50. The van der Waals surface area contributed by atoms with Crippen molar-refractivity contribution in [2.75, 3.05) is 0 Å². The lowest BCUT2D eigenvalue weighted by atomic mass is 10.3. The minimum Gasteiger partial charge on any atom is -0.544 e. The number of hydrogen-bond acceptors (Lipinski definition) is 3. The van der Waals surface area contributed by atoms with E-state index in [2.05, 4.69) is 45.3 Å². The summed E-state index contributed by atoms with van der Waals surface area (Å²) >= 11 is 0. The first-order chi connectivity index (χ1) is 8.40. The van der Waals surface area contributed by atoms with Gasteiger partial charge in [-0.15, -0.1) is 0 Å². The third kappa shape index (κ3) is 4.87. The molecule has 0 aliphatic carbocycles. The van der Waals surface area contributed by atoms with E-state index in [-0.39, 0.29) is 0 Å². The lowest BCUT2D eigenvalue weighted by Gasteiger charge is -2.21. The van der Waals surface area contributed by atoms with Crippen LogP contribution in [-0.2, 0) is 0 Å². The molecule has 0 bridgehead atoms. The van der Waals surface area contributed by atoms with Crippen LogP contribution in [-0.4, -0.2) is 27.1 Å². The molecule has 0 aliphatic heterocycles. The molecule has 0 N–H and O–H groups in total. The van der Waals surface area contributed by atoms with Crippen LogP contribution in [0.2, 0.25) is 39.3 Å². The standard InChI is InChI=1S/C12H23O3Si3/c1-16(2)13-10-8-7-9-11(14-17(3)4)12(10)15-18(5)6/h7-8,16-18H,1-6H3. The summed E-state index contributed by atoms with van der Waals surface area (Å²) in [4.78, 5) is 0. The first kappa shape index (κ1) is 15.3. The summed E-state index contributed by atoms with van der Waals surface area (Å²) in [6.45, 7) is 12.8. The van der Waals surface area contributed by atoms with Crippen LogP contribution in [0.25, 0.3) is 0 Å². The number of benzene rings is 1. The number of rotatable bonds is 6. The third-order valence-electron chi connectivity index (χ3n) is 1.95. The Morgan fingerprint density at radius 3 is 1.89 bits per heavy atom. The molecule has 0 unspecified atom stereocenters. The van der Waals surface area contributed by atoms with Gasteiger partial charge in [0.1, 0.15) is 5.75 Å². The summed E-state index contributed by atoms with van der Waals surface area (Å²) in [6.07, 6.45) is 0. The van der Waals surface area contributed by atoms with E-state index in [1.165, 1.54) is 0 Å². The molecule has 1 radical (unpaired) electrons. The highest BCUT2D eigenvalue weighted by Gasteiger charge is 2.16. The molecule has 101 valence electrons. The van der Waals surface area contributed by atoms with Crippen molar-refractivity contribution in [2.24, 2.45) is 0 Å². The second-order valence-corrected chi connectivity index (χ2v) is 12.0. The van der Waals surface area contributed by atoms with Gasteiger partial charge in [0.2, 0.25) is 27.1 Å². The van der Waals surface area contributed by atoms with Gasteiger partial charge < -0.3 is 13.3 Å². The second kappa shape index (κ2) is 7.01. The topological polar surface area (TPSA) is 27.7 Å². The molecule has 1 aromatic rings. The Bertz CT molecular complexity index is 353. The van der Waals surface area contributed by atoms with Crippen molar-refractivity contribution < 1.29 is 13.3 Å². The van der Waals surface area contributed by atoms with E-state index in [1.807, 2.05) is 12.1 Å². The van der Waals surface area contributed by atoms with Gasteiger partial charge in [-0.25, -0.2) is 0 Å². The smallest absolute Gasteiger partial charge is 0.229 e. The Hall–Kier alpha value is -0.729. The van der Waals surface area contributed by atoms with E-state index < -0.39 is 27.1 Å². The van der Waals surface area contributed by atoms with Crippen LogP contribution < -0.4 is 13.3 Å². The van der Waals surface area contributed by atoms with Crippen molar-refractivity contribution >= 4 is 27.1 Å². The summed E-state index contributed by atoms with van der Waals surface area (Å²) in [5, 5.41) is 0. The zero-order chi connectivity index (χ0) is 13.7. The fourth-order valence-electron chi connectivity index (χ4n) is 1.46. The lowest BCUT2D eigenvalue weighted by Crippen LogP contribution is -2.18. The van der Waals surface area contributed by atoms with Gasteiger partial charge in [-0.05, 0) is 51.4 Å². The third-order valence-corrected chi connectivity index (χ3v) is 4.09. The van der Waals surface area contributed by atoms with E-state index in [1.54, 1.807) is 0 Å². The van der Waals surface area contributed by atoms with Crippen LogP contribution in [0.15, 0.2) is 12.1 Å². The Morgan fingerprint density at radius 2 is 1.39 bits per heavy atom. The molecular weight excluding hydrogens is 276 g/mol. The Kier molecular flexibility index (Phi) is 5.97. The first-order valence-corrected chi connectivity index (χ1v) is 14.8. The van der Waals surface area contributed by atoms with Crippen molar-refractivity contribution in [3.63, 3.8) is 0 Å². The summed E-state index contributed by atoms with van der Waals surface area (Å²) < 4.78 is 17.8. The molecule has 3 nitrogen and oxygen atoms in total. The number of hydrogen-bond donors (Lipinski definition) is 0. The molecule has 18 heavy (non-hydrogen) atoms. The van der Waals surface area contributed by atoms with Gasteiger partial charge in [-0.3, -0.25) is 0 Å². The lowest BCUT2D eigenvalue weighted by molar-refractivity contribution is 0.473. The quantitative estimate of drug-likeness (QED) is 0.756. The molecule has 0 aromatic heterocycles. The zero-order valence-electron chi connectivity index (χ0n) is 12.1. The average molecular weight is 300 g/mol. The average Bonchev–Trinajstić information content (AvgIpc) is 2.20. The van der Waals surface area contributed by atoms with Crippen LogP contribution >= 0.6 is 0 Å². The molecule has 0 saturated carbocycles. The molecule has 0 atom stereocenters. The van der Waals surface area contributed by atoms with E-state index in [4.69, 9.17) is 13.3 Å². The first-order valence-electron chi connectivity index (χ1n) is 6.44. The molecule has 6 heteroatoms. The van der Waals surface area contributed by atoms with Crippen LogP contribution in [0.1, 0.15) is 0 Å². The summed E-state index contributed by atoms with van der Waals surface area (Å²) in [5.74, 6) is 2.31. The summed E-state index contributed by atoms with van der Waals surface area (Å²) in [7, 11) is -3.51. The molecule has 0 saturated heterocycles. The fraction of sp³-hybridized carbons (Fsp3) is 0.500. The normalized spacial score (nSPS) is 11.2. The summed E-state index contributed by atoms with van der Waals surface area (Å²) in [6, 6.07) is 6.91. The van der Waals surface area contributed by atoms with E-state index >= 15 is 0 Å². The highest BCUT2D eigenvalue weighted by Crippen LogP contribution is 2.37. The predicted octanol–water partition coefficient (Wildman–Crippen LogP) is 2.57. The maximum absolute atomic E-state index is 5.98. The monoisotopic (exact) mass is 299 g/mol. The minimum atomic E-state index is -1.19. The molecule has 1 aromatic carbocycles. The molecule has 1 rings (SSSR count). The van der Waals surface area contributed by atoms with Crippen molar-refractivity contribution in [3.8, 4) is 17.2 Å². The molecule has 0 heterocycles. The Labute approximate surface area is 115 Å². The zero-order valence-corrected chi connectivity index (χ0v) is 15.6. The van der Waals surface area contributed by atoms with Gasteiger partial charge in [0.15, 0.2) is 11.5 Å². The Morgan fingerprint density at radius 1 is 0.833 bits per heavy atom. The second-order valence-electron chi connectivity index (χ2n) is 5.00. The molecule has 0 spiro atoms. The van der Waals surface area contributed by atoms with Crippen LogP contribution in [0, 0.1) is 6.07 Å². The van der Waals surface area contributed by atoms with Crippen molar-refractivity contribution in [1.29, 1.82) is 0 Å². The van der Waals surface area contributed by atoms with Crippen molar-refractivity contribution in [1.82, 2.24) is 0 Å². The van der Waals surface area contributed by atoms with Gasteiger partial charge in [0.25, 0.3) is 0 Å². The molecule has 0 amide bonds. The van der Waals surface area contributed by atoms with Crippen molar-refractivity contribution in [2.45, 2.75) is 39.3 Å². The maximum Gasteiger partial charge on any atom is 0.229 e. The van der Waals surface area contributed by atoms with Gasteiger partial charge in [0.05, 0.1) is 0 Å². The van der Waals surface area contributed by atoms with E-state index in [9.17, 15) is 0 Å². The maximum atomic E-state index is 5.98. The van der Waals surface area contributed by atoms with Gasteiger partial charge in [-0.1, -0.05) is 0 Å².